The first kappa shape index (κ1) is 17.6. The lowest BCUT2D eigenvalue weighted by molar-refractivity contribution is -0.128. The third-order valence-electron chi connectivity index (χ3n) is 4.28. The van der Waals surface area contributed by atoms with Gasteiger partial charge in [-0.05, 0) is 24.6 Å². The van der Waals surface area contributed by atoms with Gasteiger partial charge in [0, 0.05) is 25.2 Å². The highest BCUT2D eigenvalue weighted by Gasteiger charge is 2.32. The minimum Gasteiger partial charge on any atom is -0.341 e. The number of aryl methyl sites for hydroxylation is 1. The van der Waals surface area contributed by atoms with Crippen LogP contribution in [0.15, 0.2) is 23.4 Å². The molecule has 0 radical (unpaired) electrons. The molecule has 130 valence electrons. The lowest BCUT2D eigenvalue weighted by Gasteiger charge is -2.23. The molecule has 6 nitrogen and oxygen atoms in total. The number of halogens is 1. The summed E-state index contributed by atoms with van der Waals surface area (Å²) in [5, 5.41) is 1.35. The van der Waals surface area contributed by atoms with Crippen LogP contribution in [0.5, 0.6) is 0 Å². The standard InChI is InChI=1S/C15H18ClN3O3S2/c1-18(11-5-6-24(21,22)9-11)14(20)8-23-15-17-12-7-10(16)3-4-13(12)19(15)2/h3-4,7,11H,5-6,8-9H2,1-2H3/t11-/m0/s1. The quantitative estimate of drug-likeness (QED) is 0.750. The molecule has 2 aromatic rings. The third-order valence-corrected chi connectivity index (χ3v) is 7.28. The Hall–Kier alpha value is -1.25. The number of benzene rings is 1. The maximum Gasteiger partial charge on any atom is 0.233 e. The van der Waals surface area contributed by atoms with E-state index >= 15 is 0 Å². The highest BCUT2D eigenvalue weighted by atomic mass is 35.5. The molecule has 1 atom stereocenters. The zero-order chi connectivity index (χ0) is 17.5. The number of hydrogen-bond acceptors (Lipinski definition) is 5. The van der Waals surface area contributed by atoms with E-state index in [0.29, 0.717) is 11.4 Å². The minimum atomic E-state index is -3.00. The fourth-order valence-electron chi connectivity index (χ4n) is 2.79. The molecule has 0 saturated carbocycles. The molecule has 0 spiro atoms. The van der Waals surface area contributed by atoms with Gasteiger partial charge in [0.25, 0.3) is 0 Å². The van der Waals surface area contributed by atoms with Crippen LogP contribution in [-0.4, -0.2) is 59.1 Å². The second-order valence-corrected chi connectivity index (χ2v) is 9.54. The van der Waals surface area contributed by atoms with Gasteiger partial charge in [0.2, 0.25) is 5.91 Å². The van der Waals surface area contributed by atoms with E-state index in [1.54, 1.807) is 24.1 Å². The maximum atomic E-state index is 12.3. The summed E-state index contributed by atoms with van der Waals surface area (Å²) in [5.74, 6) is 0.350. The molecule has 1 aromatic carbocycles. The lowest BCUT2D eigenvalue weighted by Crippen LogP contribution is -2.38. The Morgan fingerprint density at radius 1 is 1.50 bits per heavy atom. The van der Waals surface area contributed by atoms with Crippen molar-refractivity contribution >= 4 is 50.1 Å². The molecule has 0 N–H and O–H groups in total. The number of amides is 1. The molecule has 0 unspecified atom stereocenters. The summed E-state index contributed by atoms with van der Waals surface area (Å²) in [6, 6.07) is 5.27. The summed E-state index contributed by atoms with van der Waals surface area (Å²) < 4.78 is 25.0. The van der Waals surface area contributed by atoms with E-state index in [-0.39, 0.29) is 29.2 Å². The molecule has 0 aliphatic carbocycles. The van der Waals surface area contributed by atoms with Crippen molar-refractivity contribution in [3.05, 3.63) is 23.2 Å². The number of carbonyl (C=O) groups excluding carboxylic acids is 1. The number of imidazole rings is 1. The van der Waals surface area contributed by atoms with Crippen LogP contribution in [-0.2, 0) is 21.7 Å². The van der Waals surface area contributed by atoms with E-state index in [9.17, 15) is 13.2 Å². The average molecular weight is 388 g/mol. The number of carbonyl (C=O) groups is 1. The lowest BCUT2D eigenvalue weighted by atomic mass is 10.2. The summed E-state index contributed by atoms with van der Waals surface area (Å²) >= 11 is 7.32. The van der Waals surface area contributed by atoms with E-state index in [2.05, 4.69) is 4.98 Å². The van der Waals surface area contributed by atoms with Crippen LogP contribution in [0.1, 0.15) is 6.42 Å². The van der Waals surface area contributed by atoms with Crippen LogP contribution in [0.25, 0.3) is 11.0 Å². The molecule has 24 heavy (non-hydrogen) atoms. The number of aromatic nitrogens is 2. The van der Waals surface area contributed by atoms with Crippen molar-refractivity contribution in [2.24, 2.45) is 7.05 Å². The predicted octanol–water partition coefficient (Wildman–Crippen LogP) is 1.96. The van der Waals surface area contributed by atoms with E-state index < -0.39 is 9.84 Å². The average Bonchev–Trinajstić information content (AvgIpc) is 3.04. The SMILES string of the molecule is CN(C(=O)CSc1nc2cc(Cl)ccc2n1C)[C@H]1CCS(=O)(=O)C1. The largest absolute Gasteiger partial charge is 0.341 e. The van der Waals surface area contributed by atoms with Crippen LogP contribution in [0, 0.1) is 0 Å². The first-order valence-electron chi connectivity index (χ1n) is 7.48. The van der Waals surface area contributed by atoms with Gasteiger partial charge in [0.15, 0.2) is 15.0 Å². The Morgan fingerprint density at radius 2 is 2.25 bits per heavy atom. The maximum absolute atomic E-state index is 12.3. The Labute approximate surface area is 150 Å². The van der Waals surface area contributed by atoms with E-state index in [1.807, 2.05) is 17.7 Å². The second kappa shape index (κ2) is 6.57. The summed E-state index contributed by atoms with van der Waals surface area (Å²) in [4.78, 5) is 18.4. The van der Waals surface area contributed by atoms with Gasteiger partial charge in [0.1, 0.15) is 0 Å². The molecule has 1 aromatic heterocycles. The van der Waals surface area contributed by atoms with Gasteiger partial charge in [-0.15, -0.1) is 0 Å². The molecular formula is C15H18ClN3O3S2. The summed E-state index contributed by atoms with van der Waals surface area (Å²) in [6.45, 7) is 0. The molecule has 1 aliphatic heterocycles. The predicted molar refractivity (Wildman–Crippen MR) is 96.3 cm³/mol. The first-order valence-corrected chi connectivity index (χ1v) is 10.7. The summed E-state index contributed by atoms with van der Waals surface area (Å²) in [6.07, 6.45) is 0.514. The Kier molecular flexibility index (Phi) is 4.81. The molecule has 2 heterocycles. The van der Waals surface area contributed by atoms with E-state index in [1.165, 1.54) is 11.8 Å². The smallest absolute Gasteiger partial charge is 0.233 e. The van der Waals surface area contributed by atoms with Crippen molar-refractivity contribution in [2.45, 2.75) is 17.6 Å². The van der Waals surface area contributed by atoms with E-state index in [0.717, 1.165) is 16.2 Å². The minimum absolute atomic E-state index is 0.0602. The Morgan fingerprint density at radius 3 is 2.92 bits per heavy atom. The van der Waals surface area contributed by atoms with Crippen molar-refractivity contribution in [3.8, 4) is 0 Å². The van der Waals surface area contributed by atoms with Crippen LogP contribution in [0.2, 0.25) is 5.02 Å². The second-order valence-electron chi connectivity index (χ2n) is 5.94. The van der Waals surface area contributed by atoms with Crippen LogP contribution < -0.4 is 0 Å². The fourth-order valence-corrected chi connectivity index (χ4v) is 5.64. The molecule has 1 saturated heterocycles. The number of sulfone groups is 1. The third kappa shape index (κ3) is 3.55. The van der Waals surface area contributed by atoms with E-state index in [4.69, 9.17) is 11.6 Å². The number of nitrogens with zero attached hydrogens (tertiary/aromatic N) is 3. The monoisotopic (exact) mass is 387 g/mol. The molecule has 1 aliphatic rings. The molecule has 1 amide bonds. The molecule has 3 rings (SSSR count). The van der Waals surface area contributed by atoms with Crippen molar-refractivity contribution in [2.75, 3.05) is 24.3 Å². The van der Waals surface area contributed by atoms with Crippen LogP contribution >= 0.6 is 23.4 Å². The number of fused-ring (bicyclic) bond motifs is 1. The normalized spacial score (nSPS) is 19.7. The first-order chi connectivity index (χ1) is 11.3. The highest BCUT2D eigenvalue weighted by molar-refractivity contribution is 7.99. The van der Waals surface area contributed by atoms with Gasteiger partial charge in [-0.25, -0.2) is 13.4 Å². The molecule has 0 bridgehead atoms. The molecule has 9 heteroatoms. The zero-order valence-corrected chi connectivity index (χ0v) is 15.8. The van der Waals surface area contributed by atoms with Gasteiger partial charge in [-0.1, -0.05) is 23.4 Å². The van der Waals surface area contributed by atoms with Crippen molar-refractivity contribution in [1.29, 1.82) is 0 Å². The van der Waals surface area contributed by atoms with Crippen LogP contribution in [0.4, 0.5) is 0 Å². The summed E-state index contributed by atoms with van der Waals surface area (Å²) in [5.41, 5.74) is 1.74. The number of thioether (sulfide) groups is 1. The van der Waals surface area contributed by atoms with Crippen molar-refractivity contribution < 1.29 is 13.2 Å². The highest BCUT2D eigenvalue weighted by Crippen LogP contribution is 2.26. The Balaban J connectivity index is 1.67. The van der Waals surface area contributed by atoms with Gasteiger partial charge in [-0.2, -0.15) is 0 Å². The molecular weight excluding hydrogens is 370 g/mol. The number of hydrogen-bond donors (Lipinski definition) is 0. The fraction of sp³-hybridized carbons (Fsp3) is 0.467. The molecule has 1 fully saturated rings. The van der Waals surface area contributed by atoms with Gasteiger partial charge < -0.3 is 9.47 Å². The summed E-state index contributed by atoms with van der Waals surface area (Å²) in [7, 11) is 0.563. The topological polar surface area (TPSA) is 72.3 Å². The van der Waals surface area contributed by atoms with Gasteiger partial charge in [0.05, 0.1) is 28.3 Å². The van der Waals surface area contributed by atoms with Crippen LogP contribution in [0.3, 0.4) is 0 Å². The van der Waals surface area contributed by atoms with Crippen molar-refractivity contribution in [3.63, 3.8) is 0 Å². The van der Waals surface area contributed by atoms with Gasteiger partial charge in [-0.3, -0.25) is 4.79 Å². The number of rotatable bonds is 4. The zero-order valence-electron chi connectivity index (χ0n) is 13.4. The van der Waals surface area contributed by atoms with Crippen molar-refractivity contribution in [1.82, 2.24) is 14.5 Å². The Bertz CT molecular complexity index is 895. The van der Waals surface area contributed by atoms with Gasteiger partial charge >= 0.3 is 0 Å².